The first-order chi connectivity index (χ1) is 11.5. The van der Waals surface area contributed by atoms with E-state index in [9.17, 15) is 9.59 Å². The number of amides is 3. The van der Waals surface area contributed by atoms with Crippen molar-refractivity contribution in [3.05, 3.63) is 0 Å². The van der Waals surface area contributed by atoms with Crippen molar-refractivity contribution in [2.75, 3.05) is 26.2 Å². The van der Waals surface area contributed by atoms with Gasteiger partial charge < -0.3 is 16.0 Å². The smallest absolute Gasteiger partial charge is 0.314 e. The number of carbonyl (C=O) groups is 2. The van der Waals surface area contributed by atoms with Gasteiger partial charge in [0.05, 0.1) is 6.04 Å². The van der Waals surface area contributed by atoms with Crippen LogP contribution >= 0.6 is 0 Å². The largest absolute Gasteiger partial charge is 0.352 e. The standard InChI is InChI=1S/C18H32N4O2/c1-12(16-11-14-4-5-15(16)10-14)20-17(23)13(2)21-6-3-7-22(9-8-21)18(19)24/h12-16H,3-11H2,1-2H3,(H2,19,24)(H,20,23)/t12-,13+,14-,15-,16+/m0/s1. The van der Waals surface area contributed by atoms with E-state index in [4.69, 9.17) is 5.73 Å². The van der Waals surface area contributed by atoms with Crippen LogP contribution in [0.2, 0.25) is 0 Å². The van der Waals surface area contributed by atoms with Gasteiger partial charge in [-0.05, 0) is 57.3 Å². The van der Waals surface area contributed by atoms with Gasteiger partial charge in [-0.15, -0.1) is 0 Å². The number of fused-ring (bicyclic) bond motifs is 2. The Morgan fingerprint density at radius 3 is 2.50 bits per heavy atom. The van der Waals surface area contributed by atoms with Gasteiger partial charge in [0, 0.05) is 32.2 Å². The van der Waals surface area contributed by atoms with Gasteiger partial charge in [-0.25, -0.2) is 4.79 Å². The molecule has 5 atom stereocenters. The van der Waals surface area contributed by atoms with Crippen molar-refractivity contribution in [2.45, 2.75) is 58.0 Å². The van der Waals surface area contributed by atoms with Crippen LogP contribution in [0.15, 0.2) is 0 Å². The molecule has 1 saturated heterocycles. The van der Waals surface area contributed by atoms with Crippen LogP contribution in [0.25, 0.3) is 0 Å². The maximum absolute atomic E-state index is 12.7. The molecule has 1 heterocycles. The molecule has 3 fully saturated rings. The molecule has 2 saturated carbocycles. The van der Waals surface area contributed by atoms with E-state index in [1.807, 2.05) is 6.92 Å². The van der Waals surface area contributed by atoms with Crippen molar-refractivity contribution < 1.29 is 9.59 Å². The molecule has 0 aromatic rings. The van der Waals surface area contributed by atoms with Gasteiger partial charge in [0.2, 0.25) is 5.91 Å². The first kappa shape index (κ1) is 17.5. The first-order valence-corrected chi connectivity index (χ1v) is 9.54. The van der Waals surface area contributed by atoms with Gasteiger partial charge in [-0.3, -0.25) is 9.69 Å². The van der Waals surface area contributed by atoms with Crippen LogP contribution in [0, 0.1) is 17.8 Å². The fraction of sp³-hybridized carbons (Fsp3) is 0.889. The average molecular weight is 336 g/mol. The molecule has 6 nitrogen and oxygen atoms in total. The maximum atomic E-state index is 12.7. The van der Waals surface area contributed by atoms with Crippen LogP contribution in [-0.2, 0) is 4.79 Å². The highest BCUT2D eigenvalue weighted by atomic mass is 16.2. The second-order valence-corrected chi connectivity index (χ2v) is 8.03. The van der Waals surface area contributed by atoms with E-state index >= 15 is 0 Å². The van der Waals surface area contributed by atoms with Crippen molar-refractivity contribution in [1.29, 1.82) is 0 Å². The lowest BCUT2D eigenvalue weighted by Crippen LogP contribution is -2.50. The molecule has 24 heavy (non-hydrogen) atoms. The van der Waals surface area contributed by atoms with Gasteiger partial charge in [0.15, 0.2) is 0 Å². The Labute approximate surface area is 145 Å². The summed E-state index contributed by atoms with van der Waals surface area (Å²) in [5.74, 6) is 2.51. The highest BCUT2D eigenvalue weighted by molar-refractivity contribution is 5.81. The fourth-order valence-electron chi connectivity index (χ4n) is 5.07. The molecule has 0 aromatic heterocycles. The zero-order valence-electron chi connectivity index (χ0n) is 15.0. The summed E-state index contributed by atoms with van der Waals surface area (Å²) >= 11 is 0. The number of nitrogens with two attached hydrogens (primary N) is 1. The number of nitrogens with one attached hydrogen (secondary N) is 1. The number of hydrogen-bond acceptors (Lipinski definition) is 3. The quantitative estimate of drug-likeness (QED) is 0.814. The Hall–Kier alpha value is -1.30. The lowest BCUT2D eigenvalue weighted by molar-refractivity contribution is -0.127. The summed E-state index contributed by atoms with van der Waals surface area (Å²) in [5, 5.41) is 3.27. The Balaban J connectivity index is 1.50. The molecular formula is C18H32N4O2. The molecular weight excluding hydrogens is 304 g/mol. The average Bonchev–Trinajstić information content (AvgIpc) is 3.09. The molecule has 1 aliphatic heterocycles. The number of rotatable bonds is 4. The third-order valence-electron chi connectivity index (χ3n) is 6.57. The molecule has 0 spiro atoms. The normalized spacial score (nSPS) is 33.1. The molecule has 0 aromatic carbocycles. The lowest BCUT2D eigenvalue weighted by atomic mass is 9.84. The Morgan fingerprint density at radius 1 is 1.08 bits per heavy atom. The van der Waals surface area contributed by atoms with Crippen LogP contribution in [0.4, 0.5) is 4.79 Å². The molecule has 3 rings (SSSR count). The van der Waals surface area contributed by atoms with Crippen molar-refractivity contribution in [3.63, 3.8) is 0 Å². The molecule has 3 N–H and O–H groups in total. The first-order valence-electron chi connectivity index (χ1n) is 9.54. The second kappa shape index (κ2) is 7.30. The van der Waals surface area contributed by atoms with Crippen LogP contribution in [0.5, 0.6) is 0 Å². The second-order valence-electron chi connectivity index (χ2n) is 8.03. The van der Waals surface area contributed by atoms with E-state index in [1.165, 1.54) is 25.7 Å². The van der Waals surface area contributed by atoms with Crippen molar-refractivity contribution in [3.8, 4) is 0 Å². The number of hydrogen-bond donors (Lipinski definition) is 2. The molecule has 3 amide bonds. The van der Waals surface area contributed by atoms with Gasteiger partial charge in [0.25, 0.3) is 0 Å². The zero-order chi connectivity index (χ0) is 17.3. The third kappa shape index (κ3) is 3.68. The zero-order valence-corrected chi connectivity index (χ0v) is 15.0. The predicted molar refractivity (Wildman–Crippen MR) is 93.4 cm³/mol. The van der Waals surface area contributed by atoms with Gasteiger partial charge >= 0.3 is 6.03 Å². The van der Waals surface area contributed by atoms with E-state index in [1.54, 1.807) is 4.90 Å². The summed E-state index contributed by atoms with van der Waals surface area (Å²) < 4.78 is 0. The summed E-state index contributed by atoms with van der Waals surface area (Å²) in [6.07, 6.45) is 6.26. The minimum absolute atomic E-state index is 0.123. The van der Waals surface area contributed by atoms with E-state index in [0.29, 0.717) is 25.6 Å². The van der Waals surface area contributed by atoms with E-state index < -0.39 is 0 Å². The van der Waals surface area contributed by atoms with Crippen LogP contribution in [0.3, 0.4) is 0 Å². The minimum Gasteiger partial charge on any atom is -0.352 e. The minimum atomic E-state index is -0.362. The molecule has 136 valence electrons. The van der Waals surface area contributed by atoms with E-state index in [-0.39, 0.29) is 24.0 Å². The van der Waals surface area contributed by atoms with E-state index in [2.05, 4.69) is 17.1 Å². The molecule has 0 radical (unpaired) electrons. The molecule has 3 aliphatic rings. The Bertz CT molecular complexity index is 484. The van der Waals surface area contributed by atoms with Crippen molar-refractivity contribution in [1.82, 2.24) is 15.1 Å². The van der Waals surface area contributed by atoms with Gasteiger partial charge in [0.1, 0.15) is 0 Å². The summed E-state index contributed by atoms with van der Waals surface area (Å²) in [5.41, 5.74) is 5.37. The number of primary amides is 1. The fourth-order valence-corrected chi connectivity index (χ4v) is 5.07. The van der Waals surface area contributed by atoms with E-state index in [0.717, 1.165) is 24.8 Å². The monoisotopic (exact) mass is 336 g/mol. The SMILES string of the molecule is C[C@H](NC(=O)[C@@H](C)N1CCCN(C(N)=O)CC1)[C@H]1C[C@H]2CC[C@H]1C2. The molecule has 2 bridgehead atoms. The topological polar surface area (TPSA) is 78.7 Å². The summed E-state index contributed by atoms with van der Waals surface area (Å²) in [4.78, 5) is 27.8. The van der Waals surface area contributed by atoms with Gasteiger partial charge in [-0.2, -0.15) is 0 Å². The number of carbonyl (C=O) groups excluding carboxylic acids is 2. The van der Waals surface area contributed by atoms with Crippen LogP contribution in [0.1, 0.15) is 46.0 Å². The lowest BCUT2D eigenvalue weighted by Gasteiger charge is -2.32. The van der Waals surface area contributed by atoms with Crippen molar-refractivity contribution >= 4 is 11.9 Å². The summed E-state index contributed by atoms with van der Waals surface area (Å²) in [6.45, 7) is 6.98. The van der Waals surface area contributed by atoms with Crippen molar-refractivity contribution in [2.24, 2.45) is 23.5 Å². The highest BCUT2D eigenvalue weighted by Gasteiger charge is 2.42. The maximum Gasteiger partial charge on any atom is 0.314 e. The predicted octanol–water partition coefficient (Wildman–Crippen LogP) is 1.40. The summed E-state index contributed by atoms with van der Waals surface area (Å²) in [6, 6.07) is -0.248. The third-order valence-corrected chi connectivity index (χ3v) is 6.57. The molecule has 2 aliphatic carbocycles. The molecule has 0 unspecified atom stereocenters. The van der Waals surface area contributed by atoms with Gasteiger partial charge in [-0.1, -0.05) is 6.42 Å². The Morgan fingerprint density at radius 2 is 1.88 bits per heavy atom. The van der Waals surface area contributed by atoms with Crippen LogP contribution < -0.4 is 11.1 Å². The number of nitrogens with zero attached hydrogens (tertiary/aromatic N) is 2. The molecule has 6 heteroatoms. The Kier molecular flexibility index (Phi) is 5.33. The highest BCUT2D eigenvalue weighted by Crippen LogP contribution is 2.49. The number of urea groups is 1. The van der Waals surface area contributed by atoms with Crippen LogP contribution in [-0.4, -0.2) is 60.0 Å². The summed E-state index contributed by atoms with van der Waals surface area (Å²) in [7, 11) is 0.